The van der Waals surface area contributed by atoms with Gasteiger partial charge in [-0.2, -0.15) is 0 Å². The van der Waals surface area contributed by atoms with Crippen LogP contribution in [0.4, 0.5) is 0 Å². The van der Waals surface area contributed by atoms with Gasteiger partial charge < -0.3 is 4.84 Å². The first-order chi connectivity index (χ1) is 11.7. The van der Waals surface area contributed by atoms with Crippen molar-refractivity contribution < 1.29 is 9.63 Å². The highest BCUT2D eigenvalue weighted by Gasteiger charge is 2.32. The van der Waals surface area contributed by atoms with Crippen LogP contribution in [0.1, 0.15) is 18.1 Å². The fourth-order valence-corrected chi connectivity index (χ4v) is 3.03. The summed E-state index contributed by atoms with van der Waals surface area (Å²) in [6.45, 7) is 2.31. The highest BCUT2D eigenvalue weighted by Crippen LogP contribution is 2.19. The first-order valence-corrected chi connectivity index (χ1v) is 9.08. The molecule has 0 N–H and O–H groups in total. The molecule has 0 bridgehead atoms. The third kappa shape index (κ3) is 3.79. The molecule has 4 nitrogen and oxygen atoms in total. The number of hydrogen-bond acceptors (Lipinski definition) is 4. The lowest BCUT2D eigenvalue weighted by Gasteiger charge is -2.30. The molecule has 1 unspecified atom stereocenters. The molecule has 1 amide bonds. The zero-order valence-corrected chi connectivity index (χ0v) is 14.6. The summed E-state index contributed by atoms with van der Waals surface area (Å²) in [6, 6.07) is 18.1. The smallest absolute Gasteiger partial charge is 0.272 e. The molecule has 0 aliphatic carbocycles. The molecule has 0 aromatic heterocycles. The molecule has 5 heteroatoms. The fraction of sp³-hybridized carbons (Fsp3) is 0.263. The molecule has 0 fully saturated rings. The van der Waals surface area contributed by atoms with Gasteiger partial charge in [0.25, 0.3) is 5.91 Å². The average molecular weight is 340 g/mol. The molecular formula is C19H20N2O2S. The summed E-state index contributed by atoms with van der Waals surface area (Å²) in [5.41, 5.74) is 2.14. The summed E-state index contributed by atoms with van der Waals surface area (Å²) in [5.74, 6) is 0.554. The van der Waals surface area contributed by atoms with E-state index in [2.05, 4.69) is 17.3 Å². The zero-order chi connectivity index (χ0) is 16.9. The number of rotatable bonds is 5. The normalized spacial score (nSPS) is 17.4. The van der Waals surface area contributed by atoms with Crippen molar-refractivity contribution in [1.82, 2.24) is 4.90 Å². The van der Waals surface area contributed by atoms with Gasteiger partial charge in [-0.15, -0.1) is 11.8 Å². The van der Waals surface area contributed by atoms with Crippen LogP contribution < -0.4 is 0 Å². The molecule has 1 atom stereocenters. The van der Waals surface area contributed by atoms with Gasteiger partial charge in [0.1, 0.15) is 5.84 Å². The van der Waals surface area contributed by atoms with Crippen LogP contribution in [0.2, 0.25) is 0 Å². The first-order valence-electron chi connectivity index (χ1n) is 7.86. The maximum Gasteiger partial charge on any atom is 0.272 e. The molecule has 2 aromatic carbocycles. The van der Waals surface area contributed by atoms with Crippen molar-refractivity contribution in [3.63, 3.8) is 0 Å². The highest BCUT2D eigenvalue weighted by atomic mass is 32.2. The van der Waals surface area contributed by atoms with Crippen LogP contribution in [-0.4, -0.2) is 29.0 Å². The molecule has 2 aromatic rings. The summed E-state index contributed by atoms with van der Waals surface area (Å²) in [7, 11) is 0. The number of thioether (sulfide) groups is 1. The summed E-state index contributed by atoms with van der Waals surface area (Å²) in [5, 5.41) is 4.09. The van der Waals surface area contributed by atoms with Gasteiger partial charge in [0.05, 0.1) is 6.54 Å². The van der Waals surface area contributed by atoms with Crippen LogP contribution >= 0.6 is 11.8 Å². The van der Waals surface area contributed by atoms with Gasteiger partial charge in [-0.1, -0.05) is 47.6 Å². The monoisotopic (exact) mass is 340 g/mol. The van der Waals surface area contributed by atoms with E-state index in [1.54, 1.807) is 23.6 Å². The Bertz CT molecular complexity index is 729. The van der Waals surface area contributed by atoms with Crippen molar-refractivity contribution >= 4 is 23.5 Å². The van der Waals surface area contributed by atoms with E-state index >= 15 is 0 Å². The van der Waals surface area contributed by atoms with E-state index in [0.29, 0.717) is 18.8 Å². The lowest BCUT2D eigenvalue weighted by atomic mass is 10.1. The zero-order valence-electron chi connectivity index (χ0n) is 13.8. The van der Waals surface area contributed by atoms with Crippen LogP contribution in [0.5, 0.6) is 0 Å². The SMILES string of the molecule is CSc1ccc(CN2C(=O)C(Cc3ccccc3)ON=C2C)cc1. The summed E-state index contributed by atoms with van der Waals surface area (Å²) >= 11 is 1.70. The van der Waals surface area contributed by atoms with Crippen molar-refractivity contribution in [2.75, 3.05) is 6.26 Å². The maximum absolute atomic E-state index is 12.8. The van der Waals surface area contributed by atoms with Gasteiger partial charge >= 0.3 is 0 Å². The standard InChI is InChI=1S/C19H20N2O2S/c1-14-20-23-18(12-15-6-4-3-5-7-15)19(22)21(14)13-16-8-10-17(24-2)11-9-16/h3-11,18H,12-13H2,1-2H3. The number of carbonyl (C=O) groups excluding carboxylic acids is 1. The number of amides is 1. The minimum atomic E-state index is -0.568. The Hall–Kier alpha value is -2.27. The van der Waals surface area contributed by atoms with Gasteiger partial charge in [0.2, 0.25) is 6.10 Å². The van der Waals surface area contributed by atoms with Crippen LogP contribution in [-0.2, 0) is 22.6 Å². The van der Waals surface area contributed by atoms with Crippen LogP contribution in [0.15, 0.2) is 64.6 Å². The first kappa shape index (κ1) is 16.6. The predicted octanol–water partition coefficient (Wildman–Crippen LogP) is 3.71. The Morgan fingerprint density at radius 2 is 1.79 bits per heavy atom. The van der Waals surface area contributed by atoms with Crippen molar-refractivity contribution in [3.05, 3.63) is 65.7 Å². The lowest BCUT2D eigenvalue weighted by Crippen LogP contribution is -2.46. The fourth-order valence-electron chi connectivity index (χ4n) is 2.63. The predicted molar refractivity (Wildman–Crippen MR) is 96.9 cm³/mol. The van der Waals surface area contributed by atoms with E-state index in [0.717, 1.165) is 11.1 Å². The molecule has 0 spiro atoms. The van der Waals surface area contributed by atoms with Crippen LogP contribution in [0.25, 0.3) is 0 Å². The second kappa shape index (κ2) is 7.53. The van der Waals surface area contributed by atoms with Crippen LogP contribution in [0, 0.1) is 0 Å². The van der Waals surface area contributed by atoms with E-state index < -0.39 is 6.10 Å². The molecule has 24 heavy (non-hydrogen) atoms. The van der Waals surface area contributed by atoms with E-state index in [-0.39, 0.29) is 5.91 Å². The van der Waals surface area contributed by atoms with Gasteiger partial charge in [-0.3, -0.25) is 9.69 Å². The highest BCUT2D eigenvalue weighted by molar-refractivity contribution is 7.98. The molecule has 1 aliphatic rings. The van der Waals surface area contributed by atoms with Crippen molar-refractivity contribution in [2.24, 2.45) is 5.16 Å². The van der Waals surface area contributed by atoms with Gasteiger partial charge in [-0.25, -0.2) is 0 Å². The lowest BCUT2D eigenvalue weighted by molar-refractivity contribution is -0.143. The maximum atomic E-state index is 12.8. The summed E-state index contributed by atoms with van der Waals surface area (Å²) < 4.78 is 0. The largest absolute Gasteiger partial charge is 0.381 e. The average Bonchev–Trinajstić information content (AvgIpc) is 2.62. The van der Waals surface area contributed by atoms with E-state index in [1.807, 2.05) is 48.7 Å². The summed E-state index contributed by atoms with van der Waals surface area (Å²) in [6.07, 6.45) is 2.01. The van der Waals surface area contributed by atoms with Crippen molar-refractivity contribution in [3.8, 4) is 0 Å². The summed E-state index contributed by atoms with van der Waals surface area (Å²) in [4.78, 5) is 21.1. The van der Waals surface area contributed by atoms with Gasteiger partial charge in [0.15, 0.2) is 0 Å². The molecule has 1 aliphatic heterocycles. The topological polar surface area (TPSA) is 41.9 Å². The van der Waals surface area contributed by atoms with Crippen LogP contribution in [0.3, 0.4) is 0 Å². The molecule has 3 rings (SSSR count). The molecular weight excluding hydrogens is 320 g/mol. The number of nitrogens with zero attached hydrogens (tertiary/aromatic N) is 2. The third-order valence-electron chi connectivity index (χ3n) is 4.01. The Balaban J connectivity index is 1.73. The second-order valence-corrected chi connectivity index (χ2v) is 6.57. The Morgan fingerprint density at radius 1 is 1.08 bits per heavy atom. The number of oxime groups is 1. The minimum absolute atomic E-state index is 0.0414. The number of carbonyl (C=O) groups is 1. The minimum Gasteiger partial charge on any atom is -0.381 e. The second-order valence-electron chi connectivity index (χ2n) is 5.69. The number of amidine groups is 1. The quantitative estimate of drug-likeness (QED) is 0.779. The van der Waals surface area contributed by atoms with E-state index in [1.165, 1.54) is 4.90 Å². The Morgan fingerprint density at radius 3 is 2.46 bits per heavy atom. The Kier molecular flexibility index (Phi) is 5.20. The van der Waals surface area contributed by atoms with Gasteiger partial charge in [0, 0.05) is 11.3 Å². The molecule has 1 heterocycles. The number of hydrogen-bond donors (Lipinski definition) is 0. The number of benzene rings is 2. The van der Waals surface area contributed by atoms with E-state index in [4.69, 9.17) is 4.84 Å². The van der Waals surface area contributed by atoms with Gasteiger partial charge in [-0.05, 0) is 36.4 Å². The third-order valence-corrected chi connectivity index (χ3v) is 4.75. The molecule has 0 radical (unpaired) electrons. The molecule has 0 saturated heterocycles. The van der Waals surface area contributed by atoms with Crippen molar-refractivity contribution in [1.29, 1.82) is 0 Å². The Labute approximate surface area is 146 Å². The molecule has 124 valence electrons. The van der Waals surface area contributed by atoms with Crippen molar-refractivity contribution in [2.45, 2.75) is 30.9 Å². The van der Waals surface area contributed by atoms with E-state index in [9.17, 15) is 4.79 Å². The molecule has 0 saturated carbocycles.